The average molecular weight is 406 g/mol. The van der Waals surface area contributed by atoms with Crippen molar-refractivity contribution >= 4 is 22.7 Å². The standard InChI is InChI=1S/C22H23N5OS/c1-2-3-6-17-9-11-18(12-10-17)27-21(28)19-7-4-5-8-20(19)25-22(27)29-14-13-26-16-23-15-24-26/h4-5,7-12,15-16H,2-3,6,13-14H2,1H3. The molecule has 0 fully saturated rings. The van der Waals surface area contributed by atoms with E-state index in [0.717, 1.165) is 23.4 Å². The number of aryl methyl sites for hydroxylation is 2. The fourth-order valence-corrected chi connectivity index (χ4v) is 4.15. The van der Waals surface area contributed by atoms with Gasteiger partial charge < -0.3 is 0 Å². The number of fused-ring (bicyclic) bond motifs is 1. The molecular weight excluding hydrogens is 382 g/mol. The summed E-state index contributed by atoms with van der Waals surface area (Å²) in [5.41, 5.74) is 2.81. The van der Waals surface area contributed by atoms with Gasteiger partial charge in [0.1, 0.15) is 12.7 Å². The Bertz CT molecular complexity index is 1140. The van der Waals surface area contributed by atoms with Crippen LogP contribution in [0.1, 0.15) is 25.3 Å². The lowest BCUT2D eigenvalue weighted by atomic mass is 10.1. The van der Waals surface area contributed by atoms with Crippen LogP contribution in [0.15, 0.2) is 71.1 Å². The Balaban J connectivity index is 1.69. The lowest BCUT2D eigenvalue weighted by Crippen LogP contribution is -2.22. The molecule has 0 aliphatic carbocycles. The second kappa shape index (κ2) is 9.05. The molecule has 29 heavy (non-hydrogen) atoms. The molecule has 0 atom stereocenters. The van der Waals surface area contributed by atoms with Gasteiger partial charge in [0, 0.05) is 5.75 Å². The number of thioether (sulfide) groups is 1. The van der Waals surface area contributed by atoms with Crippen LogP contribution in [-0.2, 0) is 13.0 Å². The molecule has 4 aromatic rings. The van der Waals surface area contributed by atoms with E-state index in [9.17, 15) is 4.79 Å². The highest BCUT2D eigenvalue weighted by Gasteiger charge is 2.13. The van der Waals surface area contributed by atoms with E-state index in [0.29, 0.717) is 17.1 Å². The van der Waals surface area contributed by atoms with Gasteiger partial charge in [-0.1, -0.05) is 49.4 Å². The molecule has 4 rings (SSSR count). The minimum absolute atomic E-state index is 0.0415. The van der Waals surface area contributed by atoms with Crippen molar-refractivity contribution in [2.75, 3.05) is 5.75 Å². The van der Waals surface area contributed by atoms with Gasteiger partial charge in [-0.2, -0.15) is 5.10 Å². The van der Waals surface area contributed by atoms with Crippen LogP contribution in [0, 0.1) is 0 Å². The molecule has 0 aliphatic heterocycles. The van der Waals surface area contributed by atoms with Gasteiger partial charge in [0.25, 0.3) is 5.56 Å². The Kier molecular flexibility index (Phi) is 6.05. The summed E-state index contributed by atoms with van der Waals surface area (Å²) >= 11 is 1.55. The van der Waals surface area contributed by atoms with Crippen LogP contribution in [0.25, 0.3) is 16.6 Å². The van der Waals surface area contributed by atoms with Crippen molar-refractivity contribution in [1.29, 1.82) is 0 Å². The van der Waals surface area contributed by atoms with Gasteiger partial charge in [0.05, 0.1) is 23.1 Å². The summed E-state index contributed by atoms with van der Waals surface area (Å²) in [5, 5.41) is 5.45. The number of benzene rings is 2. The molecule has 0 saturated carbocycles. The molecule has 0 aliphatic rings. The van der Waals surface area contributed by atoms with E-state index >= 15 is 0 Å². The Morgan fingerprint density at radius 3 is 2.66 bits per heavy atom. The van der Waals surface area contributed by atoms with Crippen LogP contribution in [-0.4, -0.2) is 30.1 Å². The molecule has 7 heteroatoms. The highest BCUT2D eigenvalue weighted by molar-refractivity contribution is 7.99. The number of hydrogen-bond acceptors (Lipinski definition) is 5. The Morgan fingerprint density at radius 1 is 1.07 bits per heavy atom. The van der Waals surface area contributed by atoms with Gasteiger partial charge in [-0.05, 0) is 42.7 Å². The number of nitrogens with zero attached hydrogens (tertiary/aromatic N) is 5. The van der Waals surface area contributed by atoms with Crippen molar-refractivity contribution < 1.29 is 0 Å². The zero-order valence-corrected chi connectivity index (χ0v) is 17.2. The van der Waals surface area contributed by atoms with Crippen LogP contribution in [0.2, 0.25) is 0 Å². The van der Waals surface area contributed by atoms with Crippen molar-refractivity contribution in [3.05, 3.63) is 77.1 Å². The first-order chi connectivity index (χ1) is 14.3. The monoisotopic (exact) mass is 405 g/mol. The van der Waals surface area contributed by atoms with E-state index in [-0.39, 0.29) is 5.56 Å². The van der Waals surface area contributed by atoms with Crippen molar-refractivity contribution in [1.82, 2.24) is 24.3 Å². The maximum atomic E-state index is 13.3. The highest BCUT2D eigenvalue weighted by Crippen LogP contribution is 2.22. The number of hydrogen-bond donors (Lipinski definition) is 0. The van der Waals surface area contributed by atoms with Crippen molar-refractivity contribution in [2.45, 2.75) is 37.9 Å². The number of rotatable bonds is 8. The van der Waals surface area contributed by atoms with Gasteiger partial charge in [-0.3, -0.25) is 14.0 Å². The lowest BCUT2D eigenvalue weighted by molar-refractivity contribution is 0.663. The summed E-state index contributed by atoms with van der Waals surface area (Å²) in [4.78, 5) is 22.0. The molecule has 0 bridgehead atoms. The molecule has 2 aromatic carbocycles. The summed E-state index contributed by atoms with van der Waals surface area (Å²) in [6.45, 7) is 2.89. The van der Waals surface area contributed by atoms with E-state index in [1.54, 1.807) is 27.3 Å². The van der Waals surface area contributed by atoms with Gasteiger partial charge >= 0.3 is 0 Å². The highest BCUT2D eigenvalue weighted by atomic mass is 32.2. The first-order valence-corrected chi connectivity index (χ1v) is 10.8. The fourth-order valence-electron chi connectivity index (χ4n) is 3.21. The predicted molar refractivity (Wildman–Crippen MR) is 117 cm³/mol. The van der Waals surface area contributed by atoms with Crippen LogP contribution in [0.5, 0.6) is 0 Å². The molecule has 0 amide bonds. The Hall–Kier alpha value is -2.93. The third-order valence-corrected chi connectivity index (χ3v) is 5.70. The topological polar surface area (TPSA) is 65.6 Å². The molecular formula is C22H23N5OS. The minimum Gasteiger partial charge on any atom is -0.268 e. The minimum atomic E-state index is -0.0415. The maximum absolute atomic E-state index is 13.3. The third kappa shape index (κ3) is 4.40. The quantitative estimate of drug-likeness (QED) is 0.326. The van der Waals surface area contributed by atoms with Crippen molar-refractivity contribution in [3.63, 3.8) is 0 Å². The summed E-state index contributed by atoms with van der Waals surface area (Å²) in [6.07, 6.45) is 6.61. The normalized spacial score (nSPS) is 11.2. The smallest absolute Gasteiger partial charge is 0.266 e. The van der Waals surface area contributed by atoms with E-state index in [1.165, 1.54) is 24.7 Å². The van der Waals surface area contributed by atoms with Gasteiger partial charge in [0.2, 0.25) is 0 Å². The Labute approximate surface area is 173 Å². The summed E-state index contributed by atoms with van der Waals surface area (Å²) in [7, 11) is 0. The van der Waals surface area contributed by atoms with E-state index in [4.69, 9.17) is 4.98 Å². The number of para-hydroxylation sites is 1. The van der Waals surface area contributed by atoms with E-state index < -0.39 is 0 Å². The third-order valence-electron chi connectivity index (χ3n) is 4.78. The van der Waals surface area contributed by atoms with Crippen LogP contribution >= 0.6 is 11.8 Å². The molecule has 0 spiro atoms. The zero-order chi connectivity index (χ0) is 20.1. The summed E-state index contributed by atoms with van der Waals surface area (Å²) in [6, 6.07) is 15.8. The maximum Gasteiger partial charge on any atom is 0.266 e. The SMILES string of the molecule is CCCCc1ccc(-n2c(SCCn3cncn3)nc3ccccc3c2=O)cc1. The molecule has 0 unspecified atom stereocenters. The predicted octanol–water partition coefficient (Wildman–Crippen LogP) is 4.11. The lowest BCUT2D eigenvalue weighted by Gasteiger charge is -2.14. The molecule has 2 heterocycles. The molecule has 0 N–H and O–H groups in total. The first kappa shape index (κ1) is 19.4. The van der Waals surface area contributed by atoms with Crippen LogP contribution in [0.4, 0.5) is 0 Å². The fraction of sp³-hybridized carbons (Fsp3) is 0.273. The molecule has 148 valence electrons. The van der Waals surface area contributed by atoms with Gasteiger partial charge in [0.15, 0.2) is 5.16 Å². The average Bonchev–Trinajstić information content (AvgIpc) is 3.27. The molecule has 6 nitrogen and oxygen atoms in total. The first-order valence-electron chi connectivity index (χ1n) is 9.82. The molecule has 0 saturated heterocycles. The van der Waals surface area contributed by atoms with E-state index in [1.807, 2.05) is 36.4 Å². The molecule has 2 aromatic heterocycles. The van der Waals surface area contributed by atoms with E-state index in [2.05, 4.69) is 29.1 Å². The summed E-state index contributed by atoms with van der Waals surface area (Å²) < 4.78 is 3.50. The van der Waals surface area contributed by atoms with Gasteiger partial charge in [-0.15, -0.1) is 0 Å². The Morgan fingerprint density at radius 2 is 1.90 bits per heavy atom. The summed E-state index contributed by atoms with van der Waals surface area (Å²) in [5.74, 6) is 0.739. The van der Waals surface area contributed by atoms with Crippen LogP contribution < -0.4 is 5.56 Å². The van der Waals surface area contributed by atoms with Crippen molar-refractivity contribution in [3.8, 4) is 5.69 Å². The second-order valence-electron chi connectivity index (χ2n) is 6.83. The largest absolute Gasteiger partial charge is 0.268 e. The van der Waals surface area contributed by atoms with Gasteiger partial charge in [-0.25, -0.2) is 9.97 Å². The number of aromatic nitrogens is 5. The second-order valence-corrected chi connectivity index (χ2v) is 7.89. The zero-order valence-electron chi connectivity index (χ0n) is 16.4. The number of unbranched alkanes of at least 4 members (excludes halogenated alkanes) is 1. The van der Waals surface area contributed by atoms with Crippen LogP contribution in [0.3, 0.4) is 0 Å². The van der Waals surface area contributed by atoms with Crippen molar-refractivity contribution in [2.24, 2.45) is 0 Å². The molecule has 0 radical (unpaired) electrons.